The van der Waals surface area contributed by atoms with Gasteiger partial charge in [0.1, 0.15) is 10.8 Å². The smallest absolute Gasteiger partial charge is 0.316 e. The van der Waals surface area contributed by atoms with Crippen molar-refractivity contribution in [3.63, 3.8) is 0 Å². The number of halogens is 1. The molecule has 0 aliphatic rings. The first-order valence-corrected chi connectivity index (χ1v) is 8.39. The molecular weight excluding hydrogens is 343 g/mol. The standard InChI is InChI=1S/C18H13FN2O3S/c19-13-7-5-12(6-8-13)16(22)10-24-18(23)11-25-17-9-20-14-3-1-2-4-15(14)21-17/h1-9H,10-11H2. The van der Waals surface area contributed by atoms with Gasteiger partial charge in [0.15, 0.2) is 12.4 Å². The summed E-state index contributed by atoms with van der Waals surface area (Å²) in [5, 5.41) is 0.598. The van der Waals surface area contributed by atoms with Crippen LogP contribution < -0.4 is 0 Å². The van der Waals surface area contributed by atoms with E-state index < -0.39 is 11.8 Å². The molecule has 0 spiro atoms. The number of esters is 1. The fourth-order valence-corrected chi connectivity index (χ4v) is 2.69. The first-order chi connectivity index (χ1) is 12.1. The Morgan fingerprint density at radius 1 is 1.04 bits per heavy atom. The third-order valence-electron chi connectivity index (χ3n) is 3.29. The minimum Gasteiger partial charge on any atom is -0.457 e. The molecule has 0 atom stereocenters. The molecule has 1 aromatic heterocycles. The van der Waals surface area contributed by atoms with Crippen molar-refractivity contribution in [2.75, 3.05) is 12.4 Å². The Labute approximate surface area is 147 Å². The van der Waals surface area contributed by atoms with Crippen molar-refractivity contribution >= 4 is 34.5 Å². The van der Waals surface area contributed by atoms with Gasteiger partial charge in [0.2, 0.25) is 0 Å². The lowest BCUT2D eigenvalue weighted by Gasteiger charge is -2.05. The van der Waals surface area contributed by atoms with Crippen LogP contribution in [0.15, 0.2) is 59.8 Å². The molecule has 0 amide bonds. The van der Waals surface area contributed by atoms with Gasteiger partial charge in [-0.1, -0.05) is 23.9 Å². The Balaban J connectivity index is 1.50. The van der Waals surface area contributed by atoms with Gasteiger partial charge in [0.05, 0.1) is 23.0 Å². The molecule has 0 bridgehead atoms. The van der Waals surface area contributed by atoms with Crippen molar-refractivity contribution in [3.05, 3.63) is 66.1 Å². The summed E-state index contributed by atoms with van der Waals surface area (Å²) in [5.74, 6) is -1.33. The number of ether oxygens (including phenoxy) is 1. The summed E-state index contributed by atoms with van der Waals surface area (Å²) in [6, 6.07) is 12.5. The van der Waals surface area contributed by atoms with Crippen molar-refractivity contribution in [2.24, 2.45) is 0 Å². The highest BCUT2D eigenvalue weighted by Gasteiger charge is 2.11. The number of fused-ring (bicyclic) bond motifs is 1. The molecule has 0 fully saturated rings. The van der Waals surface area contributed by atoms with Crippen molar-refractivity contribution in [1.29, 1.82) is 0 Å². The van der Waals surface area contributed by atoms with Gasteiger partial charge in [-0.05, 0) is 36.4 Å². The lowest BCUT2D eigenvalue weighted by molar-refractivity contribution is -0.139. The molecule has 5 nitrogen and oxygen atoms in total. The van der Waals surface area contributed by atoms with Crippen LogP contribution in [0.3, 0.4) is 0 Å². The molecule has 25 heavy (non-hydrogen) atoms. The average Bonchev–Trinajstić information content (AvgIpc) is 2.65. The van der Waals surface area contributed by atoms with Gasteiger partial charge in [0, 0.05) is 5.56 Å². The second-order valence-electron chi connectivity index (χ2n) is 5.08. The molecule has 0 saturated heterocycles. The van der Waals surface area contributed by atoms with Crippen LogP contribution in [0.5, 0.6) is 0 Å². The van der Waals surface area contributed by atoms with Crippen molar-refractivity contribution in [3.8, 4) is 0 Å². The van der Waals surface area contributed by atoms with Crippen LogP contribution in [0.25, 0.3) is 11.0 Å². The molecule has 1 heterocycles. The minimum absolute atomic E-state index is 0.0176. The highest BCUT2D eigenvalue weighted by atomic mass is 32.2. The van der Waals surface area contributed by atoms with E-state index in [1.807, 2.05) is 24.3 Å². The lowest BCUT2D eigenvalue weighted by atomic mass is 10.1. The molecule has 0 unspecified atom stereocenters. The number of thioether (sulfide) groups is 1. The second-order valence-corrected chi connectivity index (χ2v) is 6.07. The third-order valence-corrected chi connectivity index (χ3v) is 4.17. The fraction of sp³-hybridized carbons (Fsp3) is 0.111. The normalized spacial score (nSPS) is 10.6. The number of para-hydroxylation sites is 2. The third kappa shape index (κ3) is 4.60. The van der Waals surface area contributed by atoms with E-state index in [2.05, 4.69) is 9.97 Å². The van der Waals surface area contributed by atoms with Crippen LogP contribution in [-0.2, 0) is 9.53 Å². The predicted molar refractivity (Wildman–Crippen MR) is 92.0 cm³/mol. The number of hydrogen-bond acceptors (Lipinski definition) is 6. The van der Waals surface area contributed by atoms with Gasteiger partial charge < -0.3 is 4.74 Å². The quantitative estimate of drug-likeness (QED) is 0.383. The van der Waals surface area contributed by atoms with E-state index in [9.17, 15) is 14.0 Å². The fourth-order valence-electron chi connectivity index (χ4n) is 2.05. The summed E-state index contributed by atoms with van der Waals surface area (Å²) in [6.45, 7) is -0.381. The number of nitrogens with zero attached hydrogens (tertiary/aromatic N) is 2. The van der Waals surface area contributed by atoms with E-state index in [-0.39, 0.29) is 18.1 Å². The molecule has 3 rings (SSSR count). The molecule has 7 heteroatoms. The van der Waals surface area contributed by atoms with E-state index in [1.165, 1.54) is 36.0 Å². The molecule has 0 aliphatic carbocycles. The van der Waals surface area contributed by atoms with Crippen LogP contribution in [0, 0.1) is 5.82 Å². The number of carbonyl (C=O) groups excluding carboxylic acids is 2. The summed E-state index contributed by atoms with van der Waals surface area (Å²) < 4.78 is 17.8. The van der Waals surface area contributed by atoms with E-state index in [0.717, 1.165) is 11.0 Å². The van der Waals surface area contributed by atoms with E-state index >= 15 is 0 Å². The Bertz CT molecular complexity index is 916. The minimum atomic E-state index is -0.532. The zero-order valence-corrected chi connectivity index (χ0v) is 13.8. The summed E-state index contributed by atoms with van der Waals surface area (Å²) in [5.41, 5.74) is 1.81. The first-order valence-electron chi connectivity index (χ1n) is 7.41. The Hall–Kier alpha value is -2.80. The highest BCUT2D eigenvalue weighted by molar-refractivity contribution is 7.99. The number of benzene rings is 2. The maximum absolute atomic E-state index is 12.8. The first kappa shape index (κ1) is 17.0. The lowest BCUT2D eigenvalue weighted by Crippen LogP contribution is -2.15. The van der Waals surface area contributed by atoms with Gasteiger partial charge in [-0.3, -0.25) is 14.6 Å². The Morgan fingerprint density at radius 3 is 2.52 bits per heavy atom. The monoisotopic (exact) mass is 356 g/mol. The maximum Gasteiger partial charge on any atom is 0.316 e. The van der Waals surface area contributed by atoms with E-state index in [0.29, 0.717) is 10.6 Å². The number of aromatic nitrogens is 2. The van der Waals surface area contributed by atoms with Gasteiger partial charge in [-0.2, -0.15) is 0 Å². The van der Waals surface area contributed by atoms with Gasteiger partial charge in [0.25, 0.3) is 0 Å². The van der Waals surface area contributed by atoms with Crippen LogP contribution in [-0.4, -0.2) is 34.1 Å². The molecule has 126 valence electrons. The summed E-state index contributed by atoms with van der Waals surface area (Å²) in [4.78, 5) is 32.3. The van der Waals surface area contributed by atoms with Crippen molar-refractivity contribution in [2.45, 2.75) is 5.03 Å². The van der Waals surface area contributed by atoms with Gasteiger partial charge in [-0.15, -0.1) is 0 Å². The SMILES string of the molecule is O=C(CSc1cnc2ccccc2n1)OCC(=O)c1ccc(F)cc1. The number of ketones is 1. The molecule has 0 radical (unpaired) electrons. The Kier molecular flexibility index (Phi) is 5.35. The summed E-state index contributed by atoms with van der Waals surface area (Å²) in [7, 11) is 0. The highest BCUT2D eigenvalue weighted by Crippen LogP contribution is 2.17. The zero-order chi connectivity index (χ0) is 17.6. The van der Waals surface area contributed by atoms with E-state index in [4.69, 9.17) is 4.74 Å². The number of carbonyl (C=O) groups is 2. The number of hydrogen-bond donors (Lipinski definition) is 0. The van der Waals surface area contributed by atoms with Crippen LogP contribution in [0.4, 0.5) is 4.39 Å². The maximum atomic E-state index is 12.8. The van der Waals surface area contributed by atoms with Gasteiger partial charge in [-0.25, -0.2) is 9.37 Å². The zero-order valence-electron chi connectivity index (χ0n) is 13.0. The topological polar surface area (TPSA) is 69.2 Å². The van der Waals surface area contributed by atoms with Crippen LogP contribution >= 0.6 is 11.8 Å². The molecule has 0 saturated carbocycles. The number of Topliss-reactive ketones (excluding diaryl/α,β-unsaturated/α-hetero) is 1. The van der Waals surface area contributed by atoms with Crippen molar-refractivity contribution < 1.29 is 18.7 Å². The van der Waals surface area contributed by atoms with E-state index in [1.54, 1.807) is 6.20 Å². The number of rotatable bonds is 6. The molecule has 3 aromatic rings. The van der Waals surface area contributed by atoms with Crippen LogP contribution in [0.2, 0.25) is 0 Å². The van der Waals surface area contributed by atoms with Crippen molar-refractivity contribution in [1.82, 2.24) is 9.97 Å². The van der Waals surface area contributed by atoms with Crippen LogP contribution in [0.1, 0.15) is 10.4 Å². The Morgan fingerprint density at radius 2 is 1.76 bits per heavy atom. The molecular formula is C18H13FN2O3S. The summed E-state index contributed by atoms with van der Waals surface area (Å²) >= 11 is 1.18. The largest absolute Gasteiger partial charge is 0.457 e. The second kappa shape index (κ2) is 7.85. The predicted octanol–water partition coefficient (Wildman–Crippen LogP) is 3.29. The molecule has 0 N–H and O–H groups in total. The molecule has 0 aliphatic heterocycles. The molecule has 2 aromatic carbocycles. The van der Waals surface area contributed by atoms with Gasteiger partial charge >= 0.3 is 5.97 Å². The average molecular weight is 356 g/mol. The summed E-state index contributed by atoms with van der Waals surface area (Å²) in [6.07, 6.45) is 1.59.